The number of ketones is 1. The average Bonchev–Trinajstić information content (AvgIpc) is 3.15. The van der Waals surface area contributed by atoms with Gasteiger partial charge in [0.05, 0.1) is 35.8 Å². The summed E-state index contributed by atoms with van der Waals surface area (Å²) in [6, 6.07) is -0.292. The van der Waals surface area contributed by atoms with Gasteiger partial charge in [-0.1, -0.05) is 0 Å². The molecule has 8 heteroatoms. The minimum Gasteiger partial charge on any atom is -0.504 e. The Morgan fingerprint density at radius 1 is 1.25 bits per heavy atom. The standard InChI is InChI=1S/C20H21NO7/c1-8(22)12-3-4-13-10-2-5-14(24)17-16(10)18(21(12)13)11(19(27)20(17)28)6-9(23)7-15(25)26/h2,5,8-9,12,22-23,27-28H,3-4,6-7H2,1H3,(H,25,26)/t8-,9-,12+/m1/s1. The normalized spacial score (nSPS) is 19.8. The number of aliphatic hydroxyl groups is 2. The van der Waals surface area contributed by atoms with Crippen LogP contribution in [0.15, 0.2) is 6.08 Å². The number of allylic oxidation sites excluding steroid dienone is 1. The van der Waals surface area contributed by atoms with E-state index >= 15 is 0 Å². The Balaban J connectivity index is 2.05. The molecule has 2 heterocycles. The number of carboxylic acids is 1. The number of carbonyl (C=O) groups is 2. The van der Waals surface area contributed by atoms with Crippen LogP contribution in [0.1, 0.15) is 53.0 Å². The summed E-state index contributed by atoms with van der Waals surface area (Å²) in [5, 5.41) is 51.0. The van der Waals surface area contributed by atoms with Gasteiger partial charge < -0.3 is 30.1 Å². The molecule has 0 radical (unpaired) electrons. The van der Waals surface area contributed by atoms with E-state index in [0.29, 0.717) is 23.7 Å². The Hall–Kier alpha value is -2.84. The summed E-state index contributed by atoms with van der Waals surface area (Å²) in [5.74, 6) is -2.75. The van der Waals surface area contributed by atoms with E-state index < -0.39 is 41.9 Å². The first-order valence-corrected chi connectivity index (χ1v) is 9.16. The molecule has 5 N–H and O–H groups in total. The van der Waals surface area contributed by atoms with Crippen molar-refractivity contribution in [3.05, 3.63) is 28.5 Å². The van der Waals surface area contributed by atoms with Gasteiger partial charge in [-0.05, 0) is 31.9 Å². The van der Waals surface area contributed by atoms with Crippen molar-refractivity contribution < 1.29 is 35.1 Å². The smallest absolute Gasteiger partial charge is 0.305 e. The van der Waals surface area contributed by atoms with Crippen molar-refractivity contribution in [2.75, 3.05) is 0 Å². The van der Waals surface area contributed by atoms with Crippen LogP contribution in [0.2, 0.25) is 0 Å². The first-order chi connectivity index (χ1) is 13.2. The quantitative estimate of drug-likeness (QED) is 0.490. The summed E-state index contributed by atoms with van der Waals surface area (Å²) in [7, 11) is 0. The molecule has 0 bridgehead atoms. The predicted molar refractivity (Wildman–Crippen MR) is 99.6 cm³/mol. The van der Waals surface area contributed by atoms with Crippen molar-refractivity contribution in [3.8, 4) is 11.5 Å². The second-order valence-corrected chi connectivity index (χ2v) is 7.50. The van der Waals surface area contributed by atoms with Crippen LogP contribution in [0.25, 0.3) is 17.0 Å². The number of phenolic OH excluding ortho intramolecular Hbond substituents is 2. The third-order valence-electron chi connectivity index (χ3n) is 5.69. The topological polar surface area (TPSA) is 140 Å². The number of rotatable bonds is 5. The van der Waals surface area contributed by atoms with E-state index in [2.05, 4.69) is 0 Å². The van der Waals surface area contributed by atoms with Gasteiger partial charge in [-0.25, -0.2) is 0 Å². The maximum Gasteiger partial charge on any atom is 0.305 e. The number of nitrogens with zero attached hydrogens (tertiary/aromatic N) is 1. The molecule has 0 fully saturated rings. The van der Waals surface area contributed by atoms with Gasteiger partial charge >= 0.3 is 5.97 Å². The van der Waals surface area contributed by atoms with Crippen molar-refractivity contribution in [2.45, 2.75) is 50.9 Å². The average molecular weight is 387 g/mol. The van der Waals surface area contributed by atoms with Crippen LogP contribution in [0.4, 0.5) is 0 Å². The number of aliphatic hydroxyl groups excluding tert-OH is 2. The molecular formula is C20H21NO7. The van der Waals surface area contributed by atoms with Crippen molar-refractivity contribution in [3.63, 3.8) is 0 Å². The number of fused-ring (bicyclic) bond motifs is 3. The Kier molecular flexibility index (Phi) is 4.20. The number of aliphatic carboxylic acids is 1. The lowest BCUT2D eigenvalue weighted by molar-refractivity contribution is -0.139. The Morgan fingerprint density at radius 3 is 2.61 bits per heavy atom. The van der Waals surface area contributed by atoms with Crippen LogP contribution in [-0.4, -0.2) is 54.1 Å². The fraction of sp³-hybridized carbons (Fsp3) is 0.400. The lowest BCUT2D eigenvalue weighted by atomic mass is 9.90. The molecule has 1 aromatic carbocycles. The van der Waals surface area contributed by atoms with E-state index in [-0.39, 0.29) is 23.6 Å². The number of phenols is 2. The van der Waals surface area contributed by atoms with E-state index in [1.54, 1.807) is 13.0 Å². The van der Waals surface area contributed by atoms with Crippen molar-refractivity contribution in [1.29, 1.82) is 0 Å². The van der Waals surface area contributed by atoms with Crippen molar-refractivity contribution in [1.82, 2.24) is 4.57 Å². The molecule has 148 valence electrons. The van der Waals surface area contributed by atoms with Gasteiger partial charge in [0.1, 0.15) is 0 Å². The van der Waals surface area contributed by atoms with Gasteiger partial charge in [-0.15, -0.1) is 0 Å². The van der Waals surface area contributed by atoms with E-state index in [1.807, 2.05) is 4.57 Å². The summed E-state index contributed by atoms with van der Waals surface area (Å²) in [5.41, 5.74) is 2.25. The number of hydrogen-bond donors (Lipinski definition) is 5. The molecule has 2 aliphatic rings. The van der Waals surface area contributed by atoms with Crippen LogP contribution in [0, 0.1) is 0 Å². The first kappa shape index (κ1) is 18.5. The molecule has 8 nitrogen and oxygen atoms in total. The minimum atomic E-state index is -1.29. The molecule has 1 aromatic heterocycles. The molecule has 0 spiro atoms. The lowest BCUT2D eigenvalue weighted by Crippen LogP contribution is -2.20. The van der Waals surface area contributed by atoms with Crippen LogP contribution in [-0.2, 0) is 17.6 Å². The van der Waals surface area contributed by atoms with Gasteiger partial charge in [0, 0.05) is 28.6 Å². The molecule has 2 aromatic rings. The summed E-state index contributed by atoms with van der Waals surface area (Å²) >= 11 is 0. The number of hydrogen-bond acceptors (Lipinski definition) is 6. The van der Waals surface area contributed by atoms with Gasteiger partial charge in [-0.3, -0.25) is 9.59 Å². The fourth-order valence-electron chi connectivity index (χ4n) is 4.55. The second-order valence-electron chi connectivity index (χ2n) is 7.50. The molecule has 3 atom stereocenters. The second kappa shape index (κ2) is 6.35. The highest BCUT2D eigenvalue weighted by Gasteiger charge is 2.37. The van der Waals surface area contributed by atoms with Crippen molar-refractivity contribution >= 4 is 28.7 Å². The zero-order valence-corrected chi connectivity index (χ0v) is 15.2. The monoisotopic (exact) mass is 387 g/mol. The molecule has 1 aliphatic carbocycles. The molecule has 4 rings (SSSR count). The molecule has 1 aliphatic heterocycles. The fourth-order valence-corrected chi connectivity index (χ4v) is 4.55. The third-order valence-corrected chi connectivity index (χ3v) is 5.69. The molecule has 0 unspecified atom stereocenters. The Bertz CT molecular complexity index is 1050. The Labute approximate surface area is 160 Å². The van der Waals surface area contributed by atoms with Crippen LogP contribution < -0.4 is 0 Å². The first-order valence-electron chi connectivity index (χ1n) is 9.16. The SMILES string of the molecule is C[C@@H](O)[C@@H]1CCc2c3c4c(c(O)c(O)c(C[C@@H](O)CC(=O)O)c4n21)C(=O)C=C3. The van der Waals surface area contributed by atoms with Gasteiger partial charge in [-0.2, -0.15) is 0 Å². The zero-order chi connectivity index (χ0) is 20.3. The highest BCUT2D eigenvalue weighted by Crippen LogP contribution is 2.49. The maximum atomic E-state index is 12.4. The summed E-state index contributed by atoms with van der Waals surface area (Å²) in [6.07, 6.45) is 1.61. The molecule has 28 heavy (non-hydrogen) atoms. The van der Waals surface area contributed by atoms with Crippen LogP contribution in [0.5, 0.6) is 11.5 Å². The molecule has 0 amide bonds. The van der Waals surface area contributed by atoms with Gasteiger partial charge in [0.2, 0.25) is 0 Å². The van der Waals surface area contributed by atoms with Gasteiger partial charge in [0.15, 0.2) is 17.3 Å². The number of benzene rings is 1. The van der Waals surface area contributed by atoms with Gasteiger partial charge in [0.25, 0.3) is 0 Å². The summed E-state index contributed by atoms with van der Waals surface area (Å²) in [6.45, 7) is 1.66. The highest BCUT2D eigenvalue weighted by atomic mass is 16.4. The summed E-state index contributed by atoms with van der Waals surface area (Å²) < 4.78 is 1.86. The number of aromatic nitrogens is 1. The molecule has 0 saturated heterocycles. The zero-order valence-electron chi connectivity index (χ0n) is 15.2. The maximum absolute atomic E-state index is 12.4. The van der Waals surface area contributed by atoms with E-state index in [4.69, 9.17) is 5.11 Å². The lowest BCUT2D eigenvalue weighted by Gasteiger charge is -2.22. The predicted octanol–water partition coefficient (Wildman–Crippen LogP) is 1.51. The van der Waals surface area contributed by atoms with E-state index in [1.165, 1.54) is 6.08 Å². The minimum absolute atomic E-state index is 0.00674. The van der Waals surface area contributed by atoms with E-state index in [0.717, 1.165) is 11.3 Å². The van der Waals surface area contributed by atoms with E-state index in [9.17, 15) is 30.0 Å². The van der Waals surface area contributed by atoms with Crippen LogP contribution >= 0.6 is 0 Å². The number of carboxylic acid groups (broad SMARTS) is 1. The Morgan fingerprint density at radius 2 is 1.96 bits per heavy atom. The third kappa shape index (κ3) is 2.52. The number of aromatic hydroxyl groups is 2. The number of carbonyl (C=O) groups excluding carboxylic acids is 1. The molecule has 0 saturated carbocycles. The van der Waals surface area contributed by atoms with Crippen molar-refractivity contribution in [2.24, 2.45) is 0 Å². The highest BCUT2D eigenvalue weighted by molar-refractivity contribution is 6.23. The van der Waals surface area contributed by atoms with Crippen LogP contribution in [0.3, 0.4) is 0 Å². The molecular weight excluding hydrogens is 366 g/mol. The largest absolute Gasteiger partial charge is 0.504 e. The summed E-state index contributed by atoms with van der Waals surface area (Å²) in [4.78, 5) is 23.4.